The summed E-state index contributed by atoms with van der Waals surface area (Å²) < 4.78 is 5.04. The van der Waals surface area contributed by atoms with E-state index >= 15 is 0 Å². The minimum Gasteiger partial charge on any atom is -0.380 e. The Morgan fingerprint density at radius 2 is 1.92 bits per heavy atom. The summed E-state index contributed by atoms with van der Waals surface area (Å²) in [7, 11) is 1.73. The van der Waals surface area contributed by atoms with E-state index in [-0.39, 0.29) is 0 Å². The average Bonchev–Trinajstić information content (AvgIpc) is 2.89. The molecule has 0 aliphatic heterocycles. The van der Waals surface area contributed by atoms with Gasteiger partial charge in [-0.05, 0) is 29.9 Å². The summed E-state index contributed by atoms with van der Waals surface area (Å²) in [5, 5.41) is 0. The zero-order chi connectivity index (χ0) is 8.39. The van der Waals surface area contributed by atoms with Gasteiger partial charge in [0, 0.05) is 7.11 Å². The van der Waals surface area contributed by atoms with E-state index < -0.39 is 0 Å². The molecule has 0 unspecified atom stereocenters. The van der Waals surface area contributed by atoms with Crippen molar-refractivity contribution in [3.8, 4) is 0 Å². The van der Waals surface area contributed by atoms with Crippen LogP contribution in [-0.4, -0.2) is 7.11 Å². The molecule has 1 aliphatic rings. The lowest BCUT2D eigenvalue weighted by Gasteiger charge is -2.01. The van der Waals surface area contributed by atoms with Crippen molar-refractivity contribution in [2.45, 2.75) is 25.4 Å². The highest BCUT2D eigenvalue weighted by Crippen LogP contribution is 2.39. The van der Waals surface area contributed by atoms with E-state index in [1.54, 1.807) is 7.11 Å². The largest absolute Gasteiger partial charge is 0.380 e. The topological polar surface area (TPSA) is 9.23 Å². The van der Waals surface area contributed by atoms with Gasteiger partial charge in [0.25, 0.3) is 0 Å². The Morgan fingerprint density at radius 3 is 2.42 bits per heavy atom. The fourth-order valence-corrected chi connectivity index (χ4v) is 1.47. The molecule has 1 saturated carbocycles. The van der Waals surface area contributed by atoms with E-state index in [4.69, 9.17) is 4.74 Å². The highest BCUT2D eigenvalue weighted by molar-refractivity contribution is 5.27. The summed E-state index contributed by atoms with van der Waals surface area (Å²) in [6, 6.07) is 8.78. The summed E-state index contributed by atoms with van der Waals surface area (Å²) in [6.07, 6.45) is 2.76. The second kappa shape index (κ2) is 3.28. The van der Waals surface area contributed by atoms with Crippen LogP contribution >= 0.6 is 0 Å². The molecule has 0 amide bonds. The Kier molecular flexibility index (Phi) is 2.13. The second-order valence-corrected chi connectivity index (χ2v) is 3.45. The van der Waals surface area contributed by atoms with Gasteiger partial charge in [-0.2, -0.15) is 0 Å². The van der Waals surface area contributed by atoms with Gasteiger partial charge in [0.05, 0.1) is 6.61 Å². The van der Waals surface area contributed by atoms with Crippen molar-refractivity contribution in [3.05, 3.63) is 35.4 Å². The van der Waals surface area contributed by atoms with Gasteiger partial charge in [-0.3, -0.25) is 0 Å². The number of rotatable bonds is 3. The number of benzene rings is 1. The van der Waals surface area contributed by atoms with Gasteiger partial charge in [0.15, 0.2) is 0 Å². The molecule has 0 aromatic heterocycles. The zero-order valence-electron chi connectivity index (χ0n) is 7.42. The Bertz CT molecular complexity index is 246. The third-order valence-corrected chi connectivity index (χ3v) is 2.34. The lowest BCUT2D eigenvalue weighted by atomic mass is 10.1. The van der Waals surface area contributed by atoms with Crippen LogP contribution in [0.25, 0.3) is 0 Å². The molecule has 0 spiro atoms. The van der Waals surface area contributed by atoms with Crippen LogP contribution < -0.4 is 0 Å². The first-order valence-electron chi connectivity index (χ1n) is 4.48. The number of ether oxygens (including phenoxy) is 1. The van der Waals surface area contributed by atoms with Crippen molar-refractivity contribution in [2.75, 3.05) is 7.11 Å². The molecule has 0 atom stereocenters. The normalized spacial score (nSPS) is 16.4. The Labute approximate surface area is 73.4 Å². The quantitative estimate of drug-likeness (QED) is 0.664. The van der Waals surface area contributed by atoms with Gasteiger partial charge in [-0.25, -0.2) is 0 Å². The summed E-state index contributed by atoms with van der Waals surface area (Å²) in [5.74, 6) is 0.863. The lowest BCUT2D eigenvalue weighted by Crippen LogP contribution is -1.87. The van der Waals surface area contributed by atoms with Crippen molar-refractivity contribution in [1.82, 2.24) is 0 Å². The van der Waals surface area contributed by atoms with Crippen LogP contribution in [0.3, 0.4) is 0 Å². The van der Waals surface area contributed by atoms with Crippen LogP contribution in [0.15, 0.2) is 24.3 Å². The molecule has 0 bridgehead atoms. The molecule has 64 valence electrons. The van der Waals surface area contributed by atoms with Crippen LogP contribution in [0.4, 0.5) is 0 Å². The highest BCUT2D eigenvalue weighted by atomic mass is 16.5. The van der Waals surface area contributed by atoms with Gasteiger partial charge < -0.3 is 4.74 Å². The summed E-state index contributed by atoms with van der Waals surface area (Å²) in [4.78, 5) is 0. The molecular weight excluding hydrogens is 148 g/mol. The zero-order valence-corrected chi connectivity index (χ0v) is 7.42. The van der Waals surface area contributed by atoms with Crippen molar-refractivity contribution >= 4 is 0 Å². The molecule has 1 aliphatic carbocycles. The number of hydrogen-bond donors (Lipinski definition) is 0. The summed E-state index contributed by atoms with van der Waals surface area (Å²) in [6.45, 7) is 0.727. The maximum atomic E-state index is 5.04. The predicted octanol–water partition coefficient (Wildman–Crippen LogP) is 2.71. The lowest BCUT2D eigenvalue weighted by molar-refractivity contribution is 0.185. The maximum Gasteiger partial charge on any atom is 0.0713 e. The van der Waals surface area contributed by atoms with Crippen LogP contribution in [0, 0.1) is 0 Å². The molecule has 1 nitrogen and oxygen atoms in total. The minimum absolute atomic E-state index is 0.727. The van der Waals surface area contributed by atoms with Crippen molar-refractivity contribution in [1.29, 1.82) is 0 Å². The standard InChI is InChI=1S/C11H14O/c1-12-8-9-2-4-10(5-3-9)11-6-7-11/h2-5,11H,6-8H2,1H3. The van der Waals surface area contributed by atoms with Crippen molar-refractivity contribution in [2.24, 2.45) is 0 Å². The van der Waals surface area contributed by atoms with E-state index in [1.807, 2.05) is 0 Å². The van der Waals surface area contributed by atoms with Crippen LogP contribution in [-0.2, 0) is 11.3 Å². The fraction of sp³-hybridized carbons (Fsp3) is 0.455. The first kappa shape index (κ1) is 7.81. The van der Waals surface area contributed by atoms with E-state index in [0.29, 0.717) is 0 Å². The number of methoxy groups -OCH3 is 1. The molecule has 0 heterocycles. The van der Waals surface area contributed by atoms with Crippen LogP contribution in [0.5, 0.6) is 0 Å². The highest BCUT2D eigenvalue weighted by Gasteiger charge is 2.22. The second-order valence-electron chi connectivity index (χ2n) is 3.45. The first-order chi connectivity index (χ1) is 5.90. The maximum absolute atomic E-state index is 5.04. The average molecular weight is 162 g/mol. The van der Waals surface area contributed by atoms with Gasteiger partial charge in [-0.15, -0.1) is 0 Å². The molecule has 1 fully saturated rings. The smallest absolute Gasteiger partial charge is 0.0713 e. The first-order valence-corrected chi connectivity index (χ1v) is 4.48. The molecule has 0 N–H and O–H groups in total. The molecule has 2 rings (SSSR count). The van der Waals surface area contributed by atoms with E-state index in [1.165, 1.54) is 24.0 Å². The molecule has 1 heteroatoms. The molecule has 1 aromatic rings. The Hall–Kier alpha value is -0.820. The SMILES string of the molecule is COCc1ccc(C2CC2)cc1. The predicted molar refractivity (Wildman–Crippen MR) is 49.1 cm³/mol. The molecule has 0 radical (unpaired) electrons. The van der Waals surface area contributed by atoms with Crippen molar-refractivity contribution in [3.63, 3.8) is 0 Å². The molecule has 0 saturated heterocycles. The number of hydrogen-bond acceptors (Lipinski definition) is 1. The molecular formula is C11H14O. The van der Waals surface area contributed by atoms with Gasteiger partial charge in [0.2, 0.25) is 0 Å². The third kappa shape index (κ3) is 1.67. The Morgan fingerprint density at radius 1 is 1.25 bits per heavy atom. The van der Waals surface area contributed by atoms with Crippen molar-refractivity contribution < 1.29 is 4.74 Å². The molecule has 12 heavy (non-hydrogen) atoms. The third-order valence-electron chi connectivity index (χ3n) is 2.34. The summed E-state index contributed by atoms with van der Waals surface area (Å²) in [5.41, 5.74) is 2.76. The van der Waals surface area contributed by atoms with Gasteiger partial charge >= 0.3 is 0 Å². The van der Waals surface area contributed by atoms with Crippen LogP contribution in [0.1, 0.15) is 29.9 Å². The van der Waals surface area contributed by atoms with Crippen LogP contribution in [0.2, 0.25) is 0 Å². The van der Waals surface area contributed by atoms with E-state index in [9.17, 15) is 0 Å². The molecule has 1 aromatic carbocycles. The Balaban J connectivity index is 2.08. The monoisotopic (exact) mass is 162 g/mol. The van der Waals surface area contributed by atoms with E-state index in [2.05, 4.69) is 24.3 Å². The van der Waals surface area contributed by atoms with Gasteiger partial charge in [-0.1, -0.05) is 24.3 Å². The van der Waals surface area contributed by atoms with Gasteiger partial charge in [0.1, 0.15) is 0 Å². The van der Waals surface area contributed by atoms with E-state index in [0.717, 1.165) is 12.5 Å². The summed E-state index contributed by atoms with van der Waals surface area (Å²) >= 11 is 0. The fourth-order valence-electron chi connectivity index (χ4n) is 1.47. The minimum atomic E-state index is 0.727.